The first kappa shape index (κ1) is 12.9. The molecule has 2 aromatic rings. The third kappa shape index (κ3) is 3.03. The standard InChI is InChI=1S/C13H14NO3P/c1-2-3-7-11-9-10-6-4-5-8-12(10)13(14-11)17-18(15)16/h4-6,8-9H,2-3,7H2,1H3/p+1. The highest BCUT2D eigenvalue weighted by Crippen LogP contribution is 2.30. The van der Waals surface area contributed by atoms with Crippen molar-refractivity contribution in [2.45, 2.75) is 26.2 Å². The van der Waals surface area contributed by atoms with E-state index in [0.717, 1.165) is 35.7 Å². The molecule has 1 aromatic carbocycles. The van der Waals surface area contributed by atoms with E-state index in [2.05, 4.69) is 11.9 Å². The van der Waals surface area contributed by atoms with Crippen LogP contribution in [0.25, 0.3) is 10.8 Å². The normalized spacial score (nSPS) is 11.6. The summed E-state index contributed by atoms with van der Waals surface area (Å²) in [6, 6.07) is 9.56. The van der Waals surface area contributed by atoms with Gasteiger partial charge in [0.15, 0.2) is 0 Å². The SMILES string of the molecule is CCCCc1cc2ccccc2c(O[P+](=O)O)n1. The van der Waals surface area contributed by atoms with Gasteiger partial charge in [-0.1, -0.05) is 31.5 Å². The Kier molecular flexibility index (Phi) is 4.24. The van der Waals surface area contributed by atoms with Crippen molar-refractivity contribution in [1.82, 2.24) is 4.98 Å². The van der Waals surface area contributed by atoms with Gasteiger partial charge in [-0.3, -0.25) is 0 Å². The van der Waals surface area contributed by atoms with E-state index in [9.17, 15) is 4.57 Å². The van der Waals surface area contributed by atoms with Gasteiger partial charge in [-0.15, -0.1) is 4.89 Å². The number of nitrogens with zero attached hydrogens (tertiary/aromatic N) is 1. The van der Waals surface area contributed by atoms with E-state index in [1.807, 2.05) is 30.3 Å². The molecule has 0 aliphatic heterocycles. The zero-order valence-corrected chi connectivity index (χ0v) is 11.1. The van der Waals surface area contributed by atoms with Crippen molar-refractivity contribution in [2.24, 2.45) is 0 Å². The summed E-state index contributed by atoms with van der Waals surface area (Å²) in [5.41, 5.74) is 0.891. The predicted molar refractivity (Wildman–Crippen MR) is 70.8 cm³/mol. The van der Waals surface area contributed by atoms with Gasteiger partial charge in [0, 0.05) is 15.6 Å². The number of hydrogen-bond acceptors (Lipinski definition) is 3. The molecule has 4 nitrogen and oxygen atoms in total. The molecule has 94 valence electrons. The minimum absolute atomic E-state index is 0.239. The molecule has 2 rings (SSSR count). The first-order valence-electron chi connectivity index (χ1n) is 5.93. The number of aryl methyl sites for hydroxylation is 1. The van der Waals surface area contributed by atoms with Gasteiger partial charge in [0.2, 0.25) is 0 Å². The van der Waals surface area contributed by atoms with Crippen LogP contribution in [-0.2, 0) is 11.0 Å². The maximum atomic E-state index is 10.8. The highest BCUT2D eigenvalue weighted by atomic mass is 31.1. The van der Waals surface area contributed by atoms with Crippen molar-refractivity contribution in [1.29, 1.82) is 0 Å². The average Bonchev–Trinajstić information content (AvgIpc) is 2.35. The molecule has 0 saturated carbocycles. The van der Waals surface area contributed by atoms with E-state index >= 15 is 0 Å². The van der Waals surface area contributed by atoms with Crippen LogP contribution < -0.4 is 4.52 Å². The molecule has 0 amide bonds. The van der Waals surface area contributed by atoms with Crippen LogP contribution >= 0.6 is 8.25 Å². The summed E-state index contributed by atoms with van der Waals surface area (Å²) in [6.45, 7) is 2.11. The van der Waals surface area contributed by atoms with Gasteiger partial charge in [0.05, 0.1) is 0 Å². The van der Waals surface area contributed by atoms with Crippen LogP contribution in [0.4, 0.5) is 0 Å². The Morgan fingerprint density at radius 3 is 2.89 bits per heavy atom. The molecule has 0 radical (unpaired) electrons. The second-order valence-electron chi connectivity index (χ2n) is 4.07. The monoisotopic (exact) mass is 264 g/mol. The maximum Gasteiger partial charge on any atom is 0.749 e. The van der Waals surface area contributed by atoms with Gasteiger partial charge in [-0.2, -0.15) is 0 Å². The van der Waals surface area contributed by atoms with Gasteiger partial charge in [-0.25, -0.2) is 9.51 Å². The van der Waals surface area contributed by atoms with Crippen molar-refractivity contribution in [2.75, 3.05) is 0 Å². The summed E-state index contributed by atoms with van der Waals surface area (Å²) in [5, 5.41) is 1.74. The Balaban J connectivity index is 2.46. The third-order valence-corrected chi connectivity index (χ3v) is 3.04. The van der Waals surface area contributed by atoms with Crippen LogP contribution in [0.15, 0.2) is 30.3 Å². The highest BCUT2D eigenvalue weighted by Gasteiger charge is 2.19. The van der Waals surface area contributed by atoms with Crippen molar-refractivity contribution >= 4 is 19.0 Å². The Labute approximate surface area is 107 Å². The van der Waals surface area contributed by atoms with E-state index in [-0.39, 0.29) is 5.88 Å². The molecule has 1 unspecified atom stereocenters. The van der Waals surface area contributed by atoms with E-state index in [4.69, 9.17) is 9.42 Å². The number of rotatable bonds is 5. The number of pyridine rings is 1. The van der Waals surface area contributed by atoms with E-state index in [0.29, 0.717) is 0 Å². The molecule has 18 heavy (non-hydrogen) atoms. The van der Waals surface area contributed by atoms with Crippen LogP contribution in [0, 0.1) is 0 Å². The maximum absolute atomic E-state index is 10.8. The molecule has 0 aliphatic rings. The summed E-state index contributed by atoms with van der Waals surface area (Å²) in [4.78, 5) is 13.2. The fourth-order valence-corrected chi connectivity index (χ4v) is 2.14. The lowest BCUT2D eigenvalue weighted by Crippen LogP contribution is -1.94. The van der Waals surface area contributed by atoms with E-state index < -0.39 is 8.25 Å². The van der Waals surface area contributed by atoms with Crippen molar-refractivity contribution < 1.29 is 14.0 Å². The fraction of sp³-hybridized carbons (Fsp3) is 0.308. The van der Waals surface area contributed by atoms with Gasteiger partial charge in [0.25, 0.3) is 5.88 Å². The molecule has 0 spiro atoms. The molecule has 0 fully saturated rings. The Bertz CT molecular complexity index is 571. The first-order chi connectivity index (χ1) is 8.70. The molecule has 1 aromatic heterocycles. The molecule has 0 saturated heterocycles. The summed E-state index contributed by atoms with van der Waals surface area (Å²) in [5.74, 6) is 0.239. The van der Waals surface area contributed by atoms with Crippen LogP contribution in [-0.4, -0.2) is 9.88 Å². The second-order valence-corrected chi connectivity index (χ2v) is 4.73. The largest absolute Gasteiger partial charge is 0.749 e. The lowest BCUT2D eigenvalue weighted by Gasteiger charge is -2.04. The minimum atomic E-state index is -2.69. The number of aromatic nitrogens is 1. The number of hydrogen-bond donors (Lipinski definition) is 1. The quantitative estimate of drug-likeness (QED) is 0.838. The molecule has 1 heterocycles. The molecule has 0 bridgehead atoms. The number of fused-ring (bicyclic) bond motifs is 1. The lowest BCUT2D eigenvalue weighted by molar-refractivity contribution is 0.405. The number of benzene rings is 1. The first-order valence-corrected chi connectivity index (χ1v) is 7.06. The lowest BCUT2D eigenvalue weighted by atomic mass is 10.1. The number of unbranched alkanes of at least 4 members (excludes halogenated alkanes) is 1. The summed E-state index contributed by atoms with van der Waals surface area (Å²) in [7, 11) is -2.69. The average molecular weight is 264 g/mol. The molecular weight excluding hydrogens is 249 g/mol. The molecule has 1 atom stereocenters. The zero-order valence-electron chi connectivity index (χ0n) is 10.2. The summed E-state index contributed by atoms with van der Waals surface area (Å²) < 4.78 is 15.7. The molecule has 5 heteroatoms. The highest BCUT2D eigenvalue weighted by molar-refractivity contribution is 7.32. The topological polar surface area (TPSA) is 59.4 Å². The van der Waals surface area contributed by atoms with Crippen molar-refractivity contribution in [3.8, 4) is 5.88 Å². The minimum Gasteiger partial charge on any atom is -0.213 e. The zero-order chi connectivity index (χ0) is 13.0. The van der Waals surface area contributed by atoms with Gasteiger partial charge < -0.3 is 0 Å². The van der Waals surface area contributed by atoms with Crippen molar-refractivity contribution in [3.05, 3.63) is 36.0 Å². The fourth-order valence-electron chi connectivity index (χ4n) is 1.85. The Hall–Kier alpha value is -1.51. The Morgan fingerprint density at radius 1 is 1.39 bits per heavy atom. The molecule has 1 N–H and O–H groups in total. The van der Waals surface area contributed by atoms with Gasteiger partial charge in [-0.05, 0) is 30.4 Å². The smallest absolute Gasteiger partial charge is 0.213 e. The van der Waals surface area contributed by atoms with Gasteiger partial charge in [0.1, 0.15) is 0 Å². The van der Waals surface area contributed by atoms with Gasteiger partial charge >= 0.3 is 8.25 Å². The van der Waals surface area contributed by atoms with Crippen LogP contribution in [0.2, 0.25) is 0 Å². The molecular formula is C13H15NO3P+. The molecule has 0 aliphatic carbocycles. The van der Waals surface area contributed by atoms with Crippen LogP contribution in [0.5, 0.6) is 5.88 Å². The summed E-state index contributed by atoms with van der Waals surface area (Å²) in [6.07, 6.45) is 2.97. The predicted octanol–water partition coefficient (Wildman–Crippen LogP) is 3.61. The van der Waals surface area contributed by atoms with Crippen LogP contribution in [0.3, 0.4) is 0 Å². The van der Waals surface area contributed by atoms with E-state index in [1.54, 1.807) is 0 Å². The second kappa shape index (κ2) is 5.89. The van der Waals surface area contributed by atoms with E-state index in [1.165, 1.54) is 0 Å². The summed E-state index contributed by atoms with van der Waals surface area (Å²) >= 11 is 0. The Morgan fingerprint density at radius 2 is 2.17 bits per heavy atom. The van der Waals surface area contributed by atoms with Crippen LogP contribution in [0.1, 0.15) is 25.5 Å². The third-order valence-electron chi connectivity index (χ3n) is 2.71. The van der Waals surface area contributed by atoms with Crippen molar-refractivity contribution in [3.63, 3.8) is 0 Å².